The number of hydrogen-bond donors (Lipinski definition) is 1. The van der Waals surface area contributed by atoms with Crippen molar-refractivity contribution in [3.63, 3.8) is 0 Å². The van der Waals surface area contributed by atoms with Gasteiger partial charge in [-0.1, -0.05) is 0 Å². The Hall–Kier alpha value is -1.69. The average Bonchev–Trinajstić information content (AvgIpc) is 3.37. The first-order valence-corrected chi connectivity index (χ1v) is 9.16. The van der Waals surface area contributed by atoms with Crippen molar-refractivity contribution in [2.24, 2.45) is 5.92 Å². The standard InChI is InChI=1S/C18H26N4O2/c1-11-9-16(23)20-18(19-11)12(2)21-8-7-15-13(10-21)3-6-17(24)22(15)14-4-5-14/h9,12-15H,3-8,10H2,1-2H3,(H,19,20,23)/t12-,13+,15+/m0/s1. The number of aromatic nitrogens is 2. The molecule has 3 atom stereocenters. The summed E-state index contributed by atoms with van der Waals surface area (Å²) in [4.78, 5) is 36.1. The topological polar surface area (TPSA) is 69.3 Å². The lowest BCUT2D eigenvalue weighted by Crippen LogP contribution is -2.57. The highest BCUT2D eigenvalue weighted by Gasteiger charge is 2.45. The summed E-state index contributed by atoms with van der Waals surface area (Å²) in [5.74, 6) is 1.67. The van der Waals surface area contributed by atoms with Crippen molar-refractivity contribution in [3.05, 3.63) is 27.9 Å². The van der Waals surface area contributed by atoms with Gasteiger partial charge in [-0.15, -0.1) is 0 Å². The molecule has 0 unspecified atom stereocenters. The number of fused-ring (bicyclic) bond motifs is 1. The van der Waals surface area contributed by atoms with Gasteiger partial charge in [0.15, 0.2) is 0 Å². The molecule has 1 aliphatic carbocycles. The Morgan fingerprint density at radius 3 is 2.75 bits per heavy atom. The van der Waals surface area contributed by atoms with Gasteiger partial charge >= 0.3 is 0 Å². The van der Waals surface area contributed by atoms with E-state index in [0.717, 1.165) is 37.4 Å². The summed E-state index contributed by atoms with van der Waals surface area (Å²) >= 11 is 0. The maximum atomic E-state index is 12.3. The molecule has 4 rings (SSSR count). The highest BCUT2D eigenvalue weighted by Crippen LogP contribution is 2.40. The molecule has 3 fully saturated rings. The first-order valence-electron chi connectivity index (χ1n) is 9.16. The van der Waals surface area contributed by atoms with E-state index >= 15 is 0 Å². The quantitative estimate of drug-likeness (QED) is 0.914. The Labute approximate surface area is 142 Å². The SMILES string of the molecule is Cc1cc(=O)[nH]c([C@H](C)N2CC[C@@H]3[C@H](CCC(=O)N3C3CC3)C2)n1. The Morgan fingerprint density at radius 2 is 2.04 bits per heavy atom. The molecule has 130 valence electrons. The van der Waals surface area contributed by atoms with E-state index in [2.05, 4.69) is 26.7 Å². The molecule has 1 N–H and O–H groups in total. The fraction of sp³-hybridized carbons (Fsp3) is 0.722. The van der Waals surface area contributed by atoms with Crippen LogP contribution in [0.5, 0.6) is 0 Å². The summed E-state index contributed by atoms with van der Waals surface area (Å²) in [7, 11) is 0. The maximum absolute atomic E-state index is 12.3. The van der Waals surface area contributed by atoms with E-state index in [9.17, 15) is 9.59 Å². The van der Waals surface area contributed by atoms with E-state index in [-0.39, 0.29) is 11.6 Å². The van der Waals surface area contributed by atoms with Crippen LogP contribution in [0.4, 0.5) is 0 Å². The normalized spacial score (nSPS) is 29.4. The van der Waals surface area contributed by atoms with Gasteiger partial charge in [0.1, 0.15) is 5.82 Å². The highest BCUT2D eigenvalue weighted by atomic mass is 16.2. The van der Waals surface area contributed by atoms with Gasteiger partial charge in [-0.25, -0.2) is 4.98 Å². The van der Waals surface area contributed by atoms with E-state index in [0.29, 0.717) is 30.3 Å². The van der Waals surface area contributed by atoms with E-state index < -0.39 is 0 Å². The number of carbonyl (C=O) groups is 1. The molecule has 6 heteroatoms. The van der Waals surface area contributed by atoms with Gasteiger partial charge < -0.3 is 9.88 Å². The summed E-state index contributed by atoms with van der Waals surface area (Å²) in [5.41, 5.74) is 0.682. The summed E-state index contributed by atoms with van der Waals surface area (Å²) < 4.78 is 0. The number of piperidine rings is 2. The van der Waals surface area contributed by atoms with Crippen molar-refractivity contribution in [2.45, 2.75) is 64.1 Å². The molecular formula is C18H26N4O2. The van der Waals surface area contributed by atoms with Gasteiger partial charge in [0.05, 0.1) is 6.04 Å². The second-order valence-electron chi connectivity index (χ2n) is 7.63. The fourth-order valence-corrected chi connectivity index (χ4v) is 4.47. The van der Waals surface area contributed by atoms with Crippen LogP contribution in [0.2, 0.25) is 0 Å². The minimum Gasteiger partial charge on any atom is -0.336 e. The minimum absolute atomic E-state index is 0.0811. The number of aromatic amines is 1. The monoisotopic (exact) mass is 330 g/mol. The third-order valence-electron chi connectivity index (χ3n) is 5.87. The first kappa shape index (κ1) is 15.8. The van der Waals surface area contributed by atoms with E-state index in [4.69, 9.17) is 0 Å². The molecule has 0 bridgehead atoms. The van der Waals surface area contributed by atoms with Crippen LogP contribution >= 0.6 is 0 Å². The second kappa shape index (κ2) is 5.99. The number of carbonyl (C=O) groups excluding carboxylic acids is 1. The molecule has 3 aliphatic rings. The highest BCUT2D eigenvalue weighted by molar-refractivity contribution is 5.78. The number of likely N-dealkylation sites (tertiary alicyclic amines) is 2. The van der Waals surface area contributed by atoms with Crippen LogP contribution in [0.3, 0.4) is 0 Å². The summed E-state index contributed by atoms with van der Waals surface area (Å²) in [6.45, 7) is 5.92. The lowest BCUT2D eigenvalue weighted by Gasteiger charge is -2.48. The van der Waals surface area contributed by atoms with Crippen LogP contribution in [0, 0.1) is 12.8 Å². The number of nitrogens with one attached hydrogen (secondary N) is 1. The lowest BCUT2D eigenvalue weighted by molar-refractivity contribution is -0.142. The van der Waals surface area contributed by atoms with Crippen LogP contribution in [0.1, 0.15) is 56.6 Å². The van der Waals surface area contributed by atoms with Crippen molar-refractivity contribution < 1.29 is 4.79 Å². The second-order valence-corrected chi connectivity index (χ2v) is 7.63. The molecular weight excluding hydrogens is 304 g/mol. The minimum atomic E-state index is -0.0811. The number of aryl methyl sites for hydroxylation is 1. The maximum Gasteiger partial charge on any atom is 0.251 e. The van der Waals surface area contributed by atoms with Crippen molar-refractivity contribution in [1.29, 1.82) is 0 Å². The molecule has 2 aliphatic heterocycles. The van der Waals surface area contributed by atoms with E-state index in [1.165, 1.54) is 18.9 Å². The summed E-state index contributed by atoms with van der Waals surface area (Å²) in [5, 5.41) is 0. The average molecular weight is 330 g/mol. The molecule has 1 aromatic rings. The zero-order valence-electron chi connectivity index (χ0n) is 14.5. The van der Waals surface area contributed by atoms with Crippen LogP contribution in [-0.4, -0.2) is 50.8 Å². The largest absolute Gasteiger partial charge is 0.336 e. The molecule has 1 aromatic heterocycles. The van der Waals surface area contributed by atoms with Gasteiger partial charge in [0, 0.05) is 43.4 Å². The smallest absolute Gasteiger partial charge is 0.251 e. The molecule has 24 heavy (non-hydrogen) atoms. The third-order valence-corrected chi connectivity index (χ3v) is 5.87. The van der Waals surface area contributed by atoms with Crippen molar-refractivity contribution in [1.82, 2.24) is 19.8 Å². The van der Waals surface area contributed by atoms with Crippen LogP contribution in [0.15, 0.2) is 10.9 Å². The number of hydrogen-bond acceptors (Lipinski definition) is 4. The first-order chi connectivity index (χ1) is 11.5. The van der Waals surface area contributed by atoms with Gasteiger partial charge in [0.2, 0.25) is 5.91 Å². The van der Waals surface area contributed by atoms with Gasteiger partial charge in [-0.3, -0.25) is 14.5 Å². The third kappa shape index (κ3) is 2.88. The Kier molecular flexibility index (Phi) is 3.95. The fourth-order valence-electron chi connectivity index (χ4n) is 4.47. The zero-order chi connectivity index (χ0) is 16.8. The van der Waals surface area contributed by atoms with Crippen LogP contribution in [0.25, 0.3) is 0 Å². The molecule has 6 nitrogen and oxygen atoms in total. The zero-order valence-corrected chi connectivity index (χ0v) is 14.5. The number of nitrogens with zero attached hydrogens (tertiary/aromatic N) is 3. The van der Waals surface area contributed by atoms with Crippen LogP contribution in [-0.2, 0) is 4.79 Å². The molecule has 0 radical (unpaired) electrons. The summed E-state index contributed by atoms with van der Waals surface area (Å²) in [6, 6.07) is 2.57. The Morgan fingerprint density at radius 1 is 1.25 bits per heavy atom. The molecule has 1 saturated carbocycles. The van der Waals surface area contributed by atoms with Crippen molar-refractivity contribution in [3.8, 4) is 0 Å². The molecule has 2 saturated heterocycles. The van der Waals surface area contributed by atoms with Crippen molar-refractivity contribution in [2.75, 3.05) is 13.1 Å². The molecule has 3 heterocycles. The number of H-pyrrole nitrogens is 1. The molecule has 1 amide bonds. The van der Waals surface area contributed by atoms with Gasteiger partial charge in [-0.05, 0) is 45.4 Å². The van der Waals surface area contributed by atoms with Gasteiger partial charge in [-0.2, -0.15) is 0 Å². The van der Waals surface area contributed by atoms with Gasteiger partial charge in [0.25, 0.3) is 5.56 Å². The Bertz CT molecular complexity index is 697. The van der Waals surface area contributed by atoms with E-state index in [1.54, 1.807) is 0 Å². The molecule has 0 aromatic carbocycles. The summed E-state index contributed by atoms with van der Waals surface area (Å²) in [6.07, 6.45) is 5.09. The van der Waals surface area contributed by atoms with Crippen molar-refractivity contribution >= 4 is 5.91 Å². The Balaban J connectivity index is 1.49. The van der Waals surface area contributed by atoms with E-state index in [1.807, 2.05) is 6.92 Å². The predicted octanol–water partition coefficient (Wildman–Crippen LogP) is 1.61. The molecule has 0 spiro atoms. The van der Waals surface area contributed by atoms with Crippen LogP contribution < -0.4 is 5.56 Å². The number of amides is 1. The predicted molar refractivity (Wildman–Crippen MR) is 90.6 cm³/mol. The lowest BCUT2D eigenvalue weighted by atomic mass is 9.83. The number of rotatable bonds is 3.